The normalized spacial score (nSPS) is 12.1. The number of hydrogen-bond acceptors (Lipinski definition) is 5. The number of nitrogens with zero attached hydrogens (tertiary/aromatic N) is 1. The SMILES string of the molecule is CCCC(C)c1ccc(Nc2ccc(/C=C\c3cc(OC)c(/C=C(\C#N)C(=O)O)cc3OC)cc2)cc1. The molecule has 190 valence electrons. The number of methoxy groups -OCH3 is 2. The Morgan fingerprint density at radius 2 is 1.54 bits per heavy atom. The zero-order valence-electron chi connectivity index (χ0n) is 21.6. The summed E-state index contributed by atoms with van der Waals surface area (Å²) in [7, 11) is 3.02. The molecule has 3 aromatic rings. The zero-order valence-corrected chi connectivity index (χ0v) is 21.6. The minimum absolute atomic E-state index is 0.390. The summed E-state index contributed by atoms with van der Waals surface area (Å²) in [5, 5.41) is 21.7. The number of aliphatic carboxylic acids is 1. The topological polar surface area (TPSA) is 91.6 Å². The average Bonchev–Trinajstić information content (AvgIpc) is 2.91. The molecule has 0 saturated carbocycles. The molecule has 1 atom stereocenters. The highest BCUT2D eigenvalue weighted by atomic mass is 16.5. The fourth-order valence-electron chi connectivity index (χ4n) is 4.01. The van der Waals surface area contributed by atoms with E-state index in [1.54, 1.807) is 18.2 Å². The lowest BCUT2D eigenvalue weighted by Gasteiger charge is -2.12. The molecule has 0 bridgehead atoms. The van der Waals surface area contributed by atoms with E-state index in [0.29, 0.717) is 23.0 Å². The Bertz CT molecular complexity index is 1320. The number of benzene rings is 3. The fourth-order valence-corrected chi connectivity index (χ4v) is 4.01. The second-order valence-corrected chi connectivity index (χ2v) is 8.70. The maximum Gasteiger partial charge on any atom is 0.346 e. The van der Waals surface area contributed by atoms with Gasteiger partial charge in [-0.2, -0.15) is 5.26 Å². The Balaban J connectivity index is 1.76. The minimum atomic E-state index is -1.30. The molecular formula is C31H32N2O4. The van der Waals surface area contributed by atoms with Gasteiger partial charge in [0.05, 0.1) is 14.2 Å². The first-order valence-corrected chi connectivity index (χ1v) is 12.1. The highest BCUT2D eigenvalue weighted by Gasteiger charge is 2.12. The second kappa shape index (κ2) is 13.0. The molecule has 1 unspecified atom stereocenters. The van der Waals surface area contributed by atoms with E-state index >= 15 is 0 Å². The molecule has 0 aromatic heterocycles. The van der Waals surface area contributed by atoms with Crippen LogP contribution in [0.4, 0.5) is 11.4 Å². The summed E-state index contributed by atoms with van der Waals surface area (Å²) in [5.74, 6) is 0.227. The molecule has 6 heteroatoms. The van der Waals surface area contributed by atoms with Crippen molar-refractivity contribution in [1.82, 2.24) is 0 Å². The zero-order chi connectivity index (χ0) is 26.8. The van der Waals surface area contributed by atoms with Crippen LogP contribution in [0.15, 0.2) is 66.2 Å². The minimum Gasteiger partial charge on any atom is -0.496 e. The van der Waals surface area contributed by atoms with Crippen LogP contribution in [0.3, 0.4) is 0 Å². The maximum absolute atomic E-state index is 11.2. The smallest absolute Gasteiger partial charge is 0.346 e. The van der Waals surface area contributed by atoms with Crippen molar-refractivity contribution in [1.29, 1.82) is 5.26 Å². The van der Waals surface area contributed by atoms with Gasteiger partial charge in [-0.15, -0.1) is 0 Å². The van der Waals surface area contributed by atoms with Crippen molar-refractivity contribution < 1.29 is 19.4 Å². The van der Waals surface area contributed by atoms with E-state index in [-0.39, 0.29) is 5.57 Å². The largest absolute Gasteiger partial charge is 0.496 e. The first-order valence-electron chi connectivity index (χ1n) is 12.1. The van der Waals surface area contributed by atoms with Gasteiger partial charge in [0.1, 0.15) is 23.1 Å². The molecule has 0 spiro atoms. The van der Waals surface area contributed by atoms with Crippen LogP contribution in [0.2, 0.25) is 0 Å². The van der Waals surface area contributed by atoms with Crippen LogP contribution >= 0.6 is 0 Å². The second-order valence-electron chi connectivity index (χ2n) is 8.70. The highest BCUT2D eigenvalue weighted by Crippen LogP contribution is 2.32. The van der Waals surface area contributed by atoms with Gasteiger partial charge in [0, 0.05) is 22.5 Å². The van der Waals surface area contributed by atoms with Gasteiger partial charge in [-0.25, -0.2) is 4.79 Å². The van der Waals surface area contributed by atoms with Crippen LogP contribution in [0.5, 0.6) is 11.5 Å². The van der Waals surface area contributed by atoms with E-state index in [1.165, 1.54) is 38.7 Å². The van der Waals surface area contributed by atoms with Crippen molar-refractivity contribution in [2.75, 3.05) is 19.5 Å². The highest BCUT2D eigenvalue weighted by molar-refractivity contribution is 5.97. The molecule has 0 aliphatic carbocycles. The van der Waals surface area contributed by atoms with Gasteiger partial charge >= 0.3 is 5.97 Å². The summed E-state index contributed by atoms with van der Waals surface area (Å²) in [4.78, 5) is 11.2. The van der Waals surface area contributed by atoms with Gasteiger partial charge in [-0.3, -0.25) is 0 Å². The van der Waals surface area contributed by atoms with E-state index in [2.05, 4.69) is 43.4 Å². The van der Waals surface area contributed by atoms with Crippen LogP contribution in [-0.2, 0) is 4.79 Å². The van der Waals surface area contributed by atoms with Gasteiger partial charge in [-0.05, 0) is 65.9 Å². The van der Waals surface area contributed by atoms with E-state index in [9.17, 15) is 4.79 Å². The molecule has 37 heavy (non-hydrogen) atoms. The number of nitriles is 1. The third-order valence-corrected chi connectivity index (χ3v) is 6.09. The number of carboxylic acids is 1. The van der Waals surface area contributed by atoms with E-state index in [0.717, 1.165) is 22.5 Å². The quantitative estimate of drug-likeness (QED) is 0.162. The summed E-state index contributed by atoms with van der Waals surface area (Å²) < 4.78 is 10.9. The van der Waals surface area contributed by atoms with Crippen LogP contribution in [0.25, 0.3) is 18.2 Å². The third-order valence-electron chi connectivity index (χ3n) is 6.09. The summed E-state index contributed by atoms with van der Waals surface area (Å²) in [6.07, 6.45) is 7.49. The molecule has 0 heterocycles. The van der Waals surface area contributed by atoms with Crippen molar-refractivity contribution >= 4 is 35.6 Å². The van der Waals surface area contributed by atoms with Crippen molar-refractivity contribution in [3.05, 3.63) is 88.5 Å². The lowest BCUT2D eigenvalue weighted by Crippen LogP contribution is -1.99. The lowest BCUT2D eigenvalue weighted by atomic mass is 9.96. The van der Waals surface area contributed by atoms with Gasteiger partial charge < -0.3 is 19.9 Å². The number of ether oxygens (including phenoxy) is 2. The monoisotopic (exact) mass is 496 g/mol. The Labute approximate surface area is 218 Å². The molecule has 6 nitrogen and oxygen atoms in total. The Kier molecular flexibility index (Phi) is 9.51. The van der Waals surface area contributed by atoms with Gasteiger partial charge in [0.25, 0.3) is 0 Å². The van der Waals surface area contributed by atoms with Crippen molar-refractivity contribution in [3.8, 4) is 17.6 Å². The predicted molar refractivity (Wildman–Crippen MR) is 149 cm³/mol. The average molecular weight is 497 g/mol. The molecule has 0 amide bonds. The third kappa shape index (κ3) is 7.25. The first-order chi connectivity index (χ1) is 17.9. The van der Waals surface area contributed by atoms with Crippen molar-refractivity contribution in [2.24, 2.45) is 0 Å². The molecular weight excluding hydrogens is 464 g/mol. The Hall–Kier alpha value is -4.50. The number of hydrogen-bond donors (Lipinski definition) is 2. The fraction of sp³-hybridized carbons (Fsp3) is 0.226. The van der Waals surface area contributed by atoms with Gasteiger partial charge in [0.2, 0.25) is 0 Å². The summed E-state index contributed by atoms with van der Waals surface area (Å²) in [6, 6.07) is 21.8. The Morgan fingerprint density at radius 3 is 2.08 bits per heavy atom. The number of nitrogens with one attached hydrogen (secondary N) is 1. The number of rotatable bonds is 11. The molecule has 0 aliphatic rings. The molecule has 0 aliphatic heterocycles. The van der Waals surface area contributed by atoms with Crippen LogP contribution in [0, 0.1) is 11.3 Å². The lowest BCUT2D eigenvalue weighted by molar-refractivity contribution is -0.132. The van der Waals surface area contributed by atoms with E-state index < -0.39 is 5.97 Å². The van der Waals surface area contributed by atoms with Gasteiger partial charge in [0.15, 0.2) is 0 Å². The van der Waals surface area contributed by atoms with Crippen LogP contribution < -0.4 is 14.8 Å². The van der Waals surface area contributed by atoms with Crippen LogP contribution in [-0.4, -0.2) is 25.3 Å². The molecule has 0 saturated heterocycles. The molecule has 0 fully saturated rings. The molecule has 3 rings (SSSR count). The summed E-state index contributed by atoms with van der Waals surface area (Å²) in [5.41, 5.74) is 5.20. The van der Waals surface area contributed by atoms with Crippen molar-refractivity contribution in [3.63, 3.8) is 0 Å². The van der Waals surface area contributed by atoms with Gasteiger partial charge in [-0.1, -0.05) is 56.7 Å². The predicted octanol–water partition coefficient (Wildman–Crippen LogP) is 7.51. The van der Waals surface area contributed by atoms with E-state index in [4.69, 9.17) is 19.8 Å². The summed E-state index contributed by atoms with van der Waals surface area (Å²) >= 11 is 0. The molecule has 2 N–H and O–H groups in total. The van der Waals surface area contributed by atoms with Crippen LogP contribution in [0.1, 0.15) is 54.9 Å². The maximum atomic E-state index is 11.2. The number of carbonyl (C=O) groups is 1. The summed E-state index contributed by atoms with van der Waals surface area (Å²) in [6.45, 7) is 4.47. The molecule has 0 radical (unpaired) electrons. The first kappa shape index (κ1) is 27.1. The standard InChI is InChI=1S/C31H32N2O4/c1-5-6-21(2)23-11-15-28(16-12-23)33-27-13-8-22(9-14-27)7-10-24-18-30(37-4)25(19-29(24)36-3)17-26(20-32)31(34)35/h7-19,21,33H,5-6H2,1-4H3,(H,34,35)/b10-7-,26-17+. The number of carboxylic acid groups (broad SMARTS) is 1. The molecule has 3 aromatic carbocycles. The Morgan fingerprint density at radius 1 is 0.973 bits per heavy atom. The number of anilines is 2. The van der Waals surface area contributed by atoms with Crippen molar-refractivity contribution in [2.45, 2.75) is 32.6 Å². The van der Waals surface area contributed by atoms with E-state index in [1.807, 2.05) is 36.4 Å².